The van der Waals surface area contributed by atoms with Crippen LogP contribution in [0.25, 0.3) is 0 Å². The molecule has 0 saturated heterocycles. The van der Waals surface area contributed by atoms with E-state index in [9.17, 15) is 9.18 Å². The van der Waals surface area contributed by atoms with Gasteiger partial charge >= 0.3 is 5.97 Å². The van der Waals surface area contributed by atoms with E-state index in [0.717, 1.165) is 17.7 Å². The van der Waals surface area contributed by atoms with Crippen molar-refractivity contribution in [2.24, 2.45) is 0 Å². The molecule has 2 heterocycles. The fourth-order valence-electron chi connectivity index (χ4n) is 3.98. The molecule has 10 heteroatoms. The van der Waals surface area contributed by atoms with E-state index >= 15 is 0 Å². The molecule has 1 aromatic heterocycles. The van der Waals surface area contributed by atoms with E-state index in [-0.39, 0.29) is 18.5 Å². The first kappa shape index (κ1) is 26.5. The zero-order valence-electron chi connectivity index (χ0n) is 21.6. The average molecular weight is 527 g/mol. The highest BCUT2D eigenvalue weighted by atomic mass is 32.2. The number of nitrogens with zero attached hydrogens (tertiary/aromatic N) is 3. The van der Waals surface area contributed by atoms with Gasteiger partial charge in [-0.25, -0.2) is 13.9 Å². The molecule has 4 rings (SSSR count). The highest BCUT2D eigenvalue weighted by Crippen LogP contribution is 2.40. The maximum atomic E-state index is 14.1. The molecule has 0 saturated carbocycles. The number of carbonyl (C=O) groups excluding carboxylic acids is 1. The third-order valence-electron chi connectivity index (χ3n) is 5.68. The van der Waals surface area contributed by atoms with Gasteiger partial charge in [-0.1, -0.05) is 43.0 Å². The smallest absolute Gasteiger partial charge is 0.338 e. The number of esters is 1. The Kier molecular flexibility index (Phi) is 8.38. The SMILES string of the molecule is CCCSc1nc2n(n1)C(c1ccc(OCc3ccccc3F)c(OC)c1)C(C(=O)OC(C)C)=C(C)N2. The Morgan fingerprint density at radius 3 is 2.70 bits per heavy atom. The number of rotatable bonds is 10. The van der Waals surface area contributed by atoms with Crippen LogP contribution in [-0.2, 0) is 16.1 Å². The van der Waals surface area contributed by atoms with Gasteiger partial charge in [-0.2, -0.15) is 4.98 Å². The topological polar surface area (TPSA) is 87.5 Å². The largest absolute Gasteiger partial charge is 0.493 e. The van der Waals surface area contributed by atoms with Crippen LogP contribution in [0.2, 0.25) is 0 Å². The third kappa shape index (κ3) is 5.90. The Balaban J connectivity index is 1.72. The number of nitrogens with one attached hydrogen (secondary N) is 1. The lowest BCUT2D eigenvalue weighted by Gasteiger charge is -2.29. The van der Waals surface area contributed by atoms with Gasteiger partial charge in [0.1, 0.15) is 18.5 Å². The van der Waals surface area contributed by atoms with E-state index < -0.39 is 12.0 Å². The van der Waals surface area contributed by atoms with Gasteiger partial charge in [0.15, 0.2) is 11.5 Å². The number of carbonyl (C=O) groups is 1. The van der Waals surface area contributed by atoms with Crippen LogP contribution in [0, 0.1) is 5.82 Å². The summed E-state index contributed by atoms with van der Waals surface area (Å²) < 4.78 is 32.8. The van der Waals surface area contributed by atoms with Crippen molar-refractivity contribution in [3.63, 3.8) is 0 Å². The second kappa shape index (κ2) is 11.7. The summed E-state index contributed by atoms with van der Waals surface area (Å²) in [6.07, 6.45) is 0.699. The van der Waals surface area contributed by atoms with Crippen LogP contribution in [0.3, 0.4) is 0 Å². The van der Waals surface area contributed by atoms with Gasteiger partial charge in [-0.3, -0.25) is 0 Å². The third-order valence-corrected chi connectivity index (χ3v) is 6.72. The fourth-order valence-corrected chi connectivity index (χ4v) is 4.66. The number of allylic oxidation sites excluding steroid dienone is 1. The van der Waals surface area contributed by atoms with Gasteiger partial charge in [0.25, 0.3) is 0 Å². The molecule has 0 radical (unpaired) electrons. The highest BCUT2D eigenvalue weighted by molar-refractivity contribution is 7.99. The Morgan fingerprint density at radius 1 is 1.22 bits per heavy atom. The molecule has 1 atom stereocenters. The normalized spacial score (nSPS) is 14.8. The van der Waals surface area contributed by atoms with Crippen LogP contribution in [-0.4, -0.2) is 39.7 Å². The van der Waals surface area contributed by atoms with Gasteiger partial charge in [-0.05, 0) is 51.0 Å². The van der Waals surface area contributed by atoms with Crippen molar-refractivity contribution >= 4 is 23.7 Å². The quantitative estimate of drug-likeness (QED) is 0.264. The molecule has 196 valence electrons. The molecular weight excluding hydrogens is 495 g/mol. The van der Waals surface area contributed by atoms with Gasteiger partial charge in [0.05, 0.1) is 18.8 Å². The summed E-state index contributed by atoms with van der Waals surface area (Å²) in [7, 11) is 1.53. The monoisotopic (exact) mass is 526 g/mol. The highest BCUT2D eigenvalue weighted by Gasteiger charge is 2.36. The molecule has 0 amide bonds. The minimum Gasteiger partial charge on any atom is -0.493 e. The fraction of sp³-hybridized carbons (Fsp3) is 0.370. The predicted octanol–water partition coefficient (Wildman–Crippen LogP) is 5.75. The van der Waals surface area contributed by atoms with E-state index in [1.807, 2.05) is 26.8 Å². The lowest BCUT2D eigenvalue weighted by molar-refractivity contribution is -0.143. The summed E-state index contributed by atoms with van der Waals surface area (Å²) in [6, 6.07) is 11.3. The second-order valence-corrected chi connectivity index (χ2v) is 9.88. The molecular formula is C27H31FN4O4S. The molecule has 1 N–H and O–H groups in total. The second-order valence-electron chi connectivity index (χ2n) is 8.82. The zero-order chi connectivity index (χ0) is 26.5. The Bertz CT molecular complexity index is 1310. The number of methoxy groups -OCH3 is 1. The van der Waals surface area contributed by atoms with E-state index in [2.05, 4.69) is 17.2 Å². The van der Waals surface area contributed by atoms with Gasteiger partial charge in [-0.15, -0.1) is 5.10 Å². The number of hydrogen-bond donors (Lipinski definition) is 1. The van der Waals surface area contributed by atoms with Crippen LogP contribution < -0.4 is 14.8 Å². The number of fused-ring (bicyclic) bond motifs is 1. The molecule has 8 nitrogen and oxygen atoms in total. The van der Waals surface area contributed by atoms with Crippen molar-refractivity contribution in [1.29, 1.82) is 0 Å². The van der Waals surface area contributed by atoms with Crippen LogP contribution in [0.1, 0.15) is 51.3 Å². The molecule has 0 aliphatic carbocycles. The summed E-state index contributed by atoms with van der Waals surface area (Å²) in [5, 5.41) is 8.54. The summed E-state index contributed by atoms with van der Waals surface area (Å²) >= 11 is 1.56. The lowest BCUT2D eigenvalue weighted by atomic mass is 9.95. The van der Waals surface area contributed by atoms with Crippen molar-refractivity contribution in [2.75, 3.05) is 18.2 Å². The van der Waals surface area contributed by atoms with Crippen LogP contribution in [0.15, 0.2) is 58.9 Å². The molecule has 3 aromatic rings. The standard InChI is InChI=1S/C27H31FN4O4S/c1-6-13-37-27-30-26-29-17(4)23(25(33)36-16(2)3)24(32(26)31-27)18-11-12-21(22(14-18)34-5)35-15-19-9-7-8-10-20(19)28/h7-12,14,16,24H,6,13,15H2,1-5H3,(H,29,30,31). The first-order valence-electron chi connectivity index (χ1n) is 12.1. The molecule has 37 heavy (non-hydrogen) atoms. The summed E-state index contributed by atoms with van der Waals surface area (Å²) in [5.41, 5.74) is 2.25. The maximum absolute atomic E-state index is 14.1. The van der Waals surface area contributed by atoms with E-state index in [4.69, 9.17) is 19.3 Å². The number of ether oxygens (including phenoxy) is 3. The minimum atomic E-state index is -0.597. The predicted molar refractivity (Wildman–Crippen MR) is 140 cm³/mol. The number of aromatic nitrogens is 3. The van der Waals surface area contributed by atoms with E-state index in [0.29, 0.717) is 39.4 Å². The van der Waals surface area contributed by atoms with Crippen molar-refractivity contribution in [1.82, 2.24) is 14.8 Å². The first-order chi connectivity index (χ1) is 17.8. The number of hydrogen-bond acceptors (Lipinski definition) is 8. The molecule has 1 unspecified atom stereocenters. The summed E-state index contributed by atoms with van der Waals surface area (Å²) in [6.45, 7) is 7.59. The maximum Gasteiger partial charge on any atom is 0.338 e. The number of halogens is 1. The minimum absolute atomic E-state index is 0.0476. The summed E-state index contributed by atoms with van der Waals surface area (Å²) in [5.74, 6) is 1.55. The van der Waals surface area contributed by atoms with E-state index in [1.165, 1.54) is 13.2 Å². The van der Waals surface area contributed by atoms with E-state index in [1.54, 1.807) is 46.8 Å². The molecule has 0 fully saturated rings. The van der Waals surface area contributed by atoms with Gasteiger partial charge < -0.3 is 19.5 Å². The Labute approximate surface area is 220 Å². The Hall–Kier alpha value is -3.53. The molecule has 1 aliphatic heterocycles. The lowest BCUT2D eigenvalue weighted by Crippen LogP contribution is -2.30. The first-order valence-corrected chi connectivity index (χ1v) is 13.1. The number of benzene rings is 2. The van der Waals surface area contributed by atoms with Crippen LogP contribution in [0.5, 0.6) is 11.5 Å². The van der Waals surface area contributed by atoms with Crippen LogP contribution in [0.4, 0.5) is 10.3 Å². The average Bonchev–Trinajstić information content (AvgIpc) is 3.27. The summed E-state index contributed by atoms with van der Waals surface area (Å²) in [4.78, 5) is 17.9. The molecule has 1 aliphatic rings. The number of thioether (sulfide) groups is 1. The Morgan fingerprint density at radius 2 is 2.00 bits per heavy atom. The van der Waals surface area contributed by atoms with Gasteiger partial charge in [0, 0.05) is 17.0 Å². The molecule has 0 spiro atoms. The van der Waals surface area contributed by atoms with Crippen LogP contribution >= 0.6 is 11.8 Å². The molecule has 0 bridgehead atoms. The van der Waals surface area contributed by atoms with Crippen molar-refractivity contribution in [2.45, 2.75) is 58.0 Å². The molecule has 2 aromatic carbocycles. The van der Waals surface area contributed by atoms with Crippen molar-refractivity contribution in [3.05, 3.63) is 70.7 Å². The van der Waals surface area contributed by atoms with Crippen molar-refractivity contribution < 1.29 is 23.4 Å². The van der Waals surface area contributed by atoms with Crippen molar-refractivity contribution in [3.8, 4) is 11.5 Å². The number of anilines is 1. The van der Waals surface area contributed by atoms with Gasteiger partial charge in [0.2, 0.25) is 11.1 Å². The zero-order valence-corrected chi connectivity index (χ0v) is 22.4.